The van der Waals surface area contributed by atoms with Crippen LogP contribution in [0, 0.1) is 6.92 Å². The second kappa shape index (κ2) is 6.82. The number of benzene rings is 1. The Balaban J connectivity index is 1.63. The van der Waals surface area contributed by atoms with E-state index in [0.29, 0.717) is 30.9 Å². The minimum atomic E-state index is -3.22. The highest BCUT2D eigenvalue weighted by Crippen LogP contribution is 2.26. The van der Waals surface area contributed by atoms with Gasteiger partial charge in [0.25, 0.3) is 0 Å². The summed E-state index contributed by atoms with van der Waals surface area (Å²) >= 11 is 1.64. The van der Waals surface area contributed by atoms with Gasteiger partial charge in [-0.25, -0.2) is 13.2 Å². The van der Waals surface area contributed by atoms with Crippen LogP contribution in [-0.2, 0) is 16.6 Å². The molecule has 2 amide bonds. The van der Waals surface area contributed by atoms with E-state index in [9.17, 15) is 13.2 Å². The molecule has 0 aliphatic carbocycles. The number of rotatable bonds is 4. The molecule has 2 heterocycles. The monoisotopic (exact) mass is 365 g/mol. The maximum atomic E-state index is 12.0. The van der Waals surface area contributed by atoms with Gasteiger partial charge in [-0.05, 0) is 43.7 Å². The summed E-state index contributed by atoms with van der Waals surface area (Å²) < 4.78 is 25.4. The van der Waals surface area contributed by atoms with Crippen LogP contribution < -0.4 is 14.9 Å². The Morgan fingerprint density at radius 1 is 1.29 bits per heavy atom. The molecule has 8 heteroatoms. The lowest BCUT2D eigenvalue weighted by Gasteiger charge is -2.17. The second-order valence-corrected chi connectivity index (χ2v) is 9.00. The summed E-state index contributed by atoms with van der Waals surface area (Å²) in [5, 5.41) is 5.54. The third kappa shape index (κ3) is 3.88. The van der Waals surface area contributed by atoms with Gasteiger partial charge < -0.3 is 10.6 Å². The van der Waals surface area contributed by atoms with Crippen molar-refractivity contribution >= 4 is 38.8 Å². The van der Waals surface area contributed by atoms with Crippen molar-refractivity contribution in [2.75, 3.05) is 21.9 Å². The molecule has 1 saturated heterocycles. The lowest BCUT2D eigenvalue weighted by atomic mass is 10.2. The molecule has 2 N–H and O–H groups in total. The number of carbonyl (C=O) groups is 1. The molecule has 6 nitrogen and oxygen atoms in total. The lowest BCUT2D eigenvalue weighted by Crippen LogP contribution is -2.28. The van der Waals surface area contributed by atoms with Gasteiger partial charge in [0.1, 0.15) is 0 Å². The fourth-order valence-electron chi connectivity index (χ4n) is 2.59. The van der Waals surface area contributed by atoms with Crippen LogP contribution in [0.2, 0.25) is 0 Å². The second-order valence-electron chi connectivity index (χ2n) is 5.61. The molecule has 1 fully saturated rings. The van der Waals surface area contributed by atoms with E-state index in [1.165, 1.54) is 9.18 Å². The molecule has 0 bridgehead atoms. The predicted octanol–water partition coefficient (Wildman–Crippen LogP) is 2.92. The summed E-state index contributed by atoms with van der Waals surface area (Å²) in [4.78, 5) is 14.3. The third-order valence-electron chi connectivity index (χ3n) is 3.71. The summed E-state index contributed by atoms with van der Waals surface area (Å²) in [5.41, 5.74) is 1.15. The molecule has 2 aromatic rings. The molecular weight excluding hydrogens is 346 g/mol. The van der Waals surface area contributed by atoms with E-state index in [4.69, 9.17) is 0 Å². The summed E-state index contributed by atoms with van der Waals surface area (Å²) in [6.07, 6.45) is 0.626. The minimum Gasteiger partial charge on any atom is -0.333 e. The van der Waals surface area contributed by atoms with Crippen molar-refractivity contribution in [3.8, 4) is 0 Å². The zero-order chi connectivity index (χ0) is 17.2. The Kier molecular flexibility index (Phi) is 4.77. The van der Waals surface area contributed by atoms with Gasteiger partial charge in [0.05, 0.1) is 18.0 Å². The Hall–Kier alpha value is -2.06. The van der Waals surface area contributed by atoms with Crippen LogP contribution >= 0.6 is 11.3 Å². The van der Waals surface area contributed by atoms with Crippen LogP contribution in [0.25, 0.3) is 0 Å². The van der Waals surface area contributed by atoms with Crippen LogP contribution in [0.15, 0.2) is 36.4 Å². The Morgan fingerprint density at radius 2 is 2.12 bits per heavy atom. The fraction of sp³-hybridized carbons (Fsp3) is 0.312. The average Bonchev–Trinajstić information content (AvgIpc) is 3.10. The Bertz CT molecular complexity index is 846. The van der Waals surface area contributed by atoms with E-state index in [0.717, 1.165) is 4.88 Å². The number of anilines is 2. The molecule has 1 aliphatic heterocycles. The molecule has 0 unspecified atom stereocenters. The molecule has 24 heavy (non-hydrogen) atoms. The Labute approximate surface area is 145 Å². The third-order valence-corrected chi connectivity index (χ3v) is 6.58. The number of carbonyl (C=O) groups excluding carboxylic acids is 1. The van der Waals surface area contributed by atoms with Gasteiger partial charge >= 0.3 is 6.03 Å². The molecule has 1 aromatic heterocycles. The zero-order valence-corrected chi connectivity index (χ0v) is 14.9. The van der Waals surface area contributed by atoms with Crippen LogP contribution in [0.3, 0.4) is 0 Å². The molecule has 1 aromatic carbocycles. The predicted molar refractivity (Wildman–Crippen MR) is 97.1 cm³/mol. The quantitative estimate of drug-likeness (QED) is 0.874. The number of hydrogen-bond acceptors (Lipinski definition) is 4. The summed E-state index contributed by atoms with van der Waals surface area (Å²) in [6.45, 7) is 2.96. The van der Waals surface area contributed by atoms with Gasteiger partial charge in [-0.3, -0.25) is 4.31 Å². The number of amides is 2. The van der Waals surface area contributed by atoms with Crippen molar-refractivity contribution in [3.63, 3.8) is 0 Å². The van der Waals surface area contributed by atoms with Gasteiger partial charge in [0.15, 0.2) is 0 Å². The van der Waals surface area contributed by atoms with E-state index >= 15 is 0 Å². The number of urea groups is 1. The van der Waals surface area contributed by atoms with Gasteiger partial charge in [0, 0.05) is 22.0 Å². The first-order valence-electron chi connectivity index (χ1n) is 7.65. The van der Waals surface area contributed by atoms with Crippen molar-refractivity contribution in [2.45, 2.75) is 19.9 Å². The summed E-state index contributed by atoms with van der Waals surface area (Å²) in [5.74, 6) is 0.172. The van der Waals surface area contributed by atoms with Crippen LogP contribution in [0.1, 0.15) is 16.2 Å². The largest absolute Gasteiger partial charge is 0.333 e. The highest BCUT2D eigenvalue weighted by atomic mass is 32.2. The number of nitrogens with zero attached hydrogens (tertiary/aromatic N) is 1. The molecule has 1 aliphatic rings. The SMILES string of the molecule is Cc1ccc(CNC(=O)Nc2cccc(N3CCCS3(=O)=O)c2)s1. The van der Waals surface area contributed by atoms with Gasteiger partial charge in [-0.15, -0.1) is 11.3 Å². The fourth-order valence-corrected chi connectivity index (χ4v) is 4.98. The normalized spacial score (nSPS) is 16.1. The van der Waals surface area contributed by atoms with Crippen molar-refractivity contribution in [1.82, 2.24) is 5.32 Å². The topological polar surface area (TPSA) is 78.5 Å². The molecule has 128 valence electrons. The zero-order valence-electron chi connectivity index (χ0n) is 13.3. The molecule has 0 radical (unpaired) electrons. The maximum Gasteiger partial charge on any atom is 0.319 e. The number of sulfonamides is 1. The van der Waals surface area contributed by atoms with E-state index in [1.807, 2.05) is 19.1 Å². The highest BCUT2D eigenvalue weighted by molar-refractivity contribution is 7.93. The molecular formula is C16H19N3O3S2. The van der Waals surface area contributed by atoms with Crippen molar-refractivity contribution < 1.29 is 13.2 Å². The van der Waals surface area contributed by atoms with Gasteiger partial charge in [-0.1, -0.05) is 6.07 Å². The molecule has 0 spiro atoms. The van der Waals surface area contributed by atoms with Crippen molar-refractivity contribution in [1.29, 1.82) is 0 Å². The summed E-state index contributed by atoms with van der Waals surface area (Å²) in [6, 6.07) is 10.6. The van der Waals surface area contributed by atoms with Gasteiger partial charge in [-0.2, -0.15) is 0 Å². The first kappa shape index (κ1) is 16.8. The number of aryl methyl sites for hydroxylation is 1. The van der Waals surface area contributed by atoms with E-state index in [-0.39, 0.29) is 11.8 Å². The van der Waals surface area contributed by atoms with E-state index < -0.39 is 10.0 Å². The molecule has 0 atom stereocenters. The van der Waals surface area contributed by atoms with Crippen molar-refractivity contribution in [3.05, 3.63) is 46.2 Å². The average molecular weight is 365 g/mol. The van der Waals surface area contributed by atoms with Crippen LogP contribution in [-0.4, -0.2) is 26.7 Å². The molecule has 0 saturated carbocycles. The van der Waals surface area contributed by atoms with Crippen LogP contribution in [0.5, 0.6) is 0 Å². The first-order chi connectivity index (χ1) is 11.4. The maximum absolute atomic E-state index is 12.0. The van der Waals surface area contributed by atoms with E-state index in [1.54, 1.807) is 35.6 Å². The first-order valence-corrected chi connectivity index (χ1v) is 10.1. The van der Waals surface area contributed by atoms with Crippen molar-refractivity contribution in [2.24, 2.45) is 0 Å². The lowest BCUT2D eigenvalue weighted by molar-refractivity contribution is 0.252. The minimum absolute atomic E-state index is 0.172. The Morgan fingerprint density at radius 3 is 2.79 bits per heavy atom. The standard InChI is InChI=1S/C16H19N3O3S2/c1-12-6-7-15(23-12)11-17-16(20)18-13-4-2-5-14(10-13)19-8-3-9-24(19,21)22/h2,4-7,10H,3,8-9,11H2,1H3,(H2,17,18,20). The smallest absolute Gasteiger partial charge is 0.319 e. The number of thiophene rings is 1. The van der Waals surface area contributed by atoms with Gasteiger partial charge in [0.2, 0.25) is 10.0 Å². The van der Waals surface area contributed by atoms with E-state index in [2.05, 4.69) is 10.6 Å². The number of hydrogen-bond donors (Lipinski definition) is 2. The van der Waals surface area contributed by atoms with Crippen LogP contribution in [0.4, 0.5) is 16.2 Å². The summed E-state index contributed by atoms with van der Waals surface area (Å²) in [7, 11) is -3.22. The molecule has 3 rings (SSSR count). The number of nitrogens with one attached hydrogen (secondary N) is 2. The highest BCUT2D eigenvalue weighted by Gasteiger charge is 2.28.